The van der Waals surface area contributed by atoms with E-state index in [1.165, 1.54) is 18.4 Å². The molecule has 14 heavy (non-hydrogen) atoms. The van der Waals surface area contributed by atoms with Crippen LogP contribution in [0, 0.1) is 12.3 Å². The molecule has 1 aliphatic rings. The topological polar surface area (TPSA) is 20.2 Å². The Balaban J connectivity index is 2.19. The molecule has 0 amide bonds. The lowest BCUT2D eigenvalue weighted by atomic mass is 9.90. The number of hydrogen-bond donors (Lipinski definition) is 1. The molecule has 1 unspecified atom stereocenters. The molecule has 0 aliphatic heterocycles. The molecular formula is C13H18O. The van der Waals surface area contributed by atoms with Crippen LogP contribution in [0.2, 0.25) is 0 Å². The molecule has 1 aliphatic carbocycles. The molecule has 1 heteroatoms. The average Bonchev–Trinajstić information content (AvgIpc) is 2.99. The highest BCUT2D eigenvalue weighted by atomic mass is 16.3. The Labute approximate surface area is 85.8 Å². The SMILES string of the molecule is CCC1(C(O)c2ccc(C)cc2)CC1. The summed E-state index contributed by atoms with van der Waals surface area (Å²) in [4.78, 5) is 0. The molecule has 1 aromatic rings. The van der Waals surface area contributed by atoms with Crippen molar-refractivity contribution in [3.05, 3.63) is 35.4 Å². The van der Waals surface area contributed by atoms with E-state index in [1.54, 1.807) is 0 Å². The fourth-order valence-electron chi connectivity index (χ4n) is 2.08. The molecule has 76 valence electrons. The van der Waals surface area contributed by atoms with Crippen LogP contribution in [-0.4, -0.2) is 5.11 Å². The largest absolute Gasteiger partial charge is 0.388 e. The Bertz CT molecular complexity index is 309. The molecule has 0 saturated heterocycles. The highest BCUT2D eigenvalue weighted by Crippen LogP contribution is 2.57. The summed E-state index contributed by atoms with van der Waals surface area (Å²) < 4.78 is 0. The second kappa shape index (κ2) is 3.39. The molecule has 1 atom stereocenters. The quantitative estimate of drug-likeness (QED) is 0.776. The monoisotopic (exact) mass is 190 g/mol. The summed E-state index contributed by atoms with van der Waals surface area (Å²) >= 11 is 0. The third-order valence-corrected chi connectivity index (χ3v) is 3.57. The standard InChI is InChI=1S/C13H18O/c1-3-13(8-9-13)12(14)11-6-4-10(2)5-7-11/h4-7,12,14H,3,8-9H2,1-2H3. The lowest BCUT2D eigenvalue weighted by Gasteiger charge is -2.20. The van der Waals surface area contributed by atoms with Gasteiger partial charge in [-0.2, -0.15) is 0 Å². The van der Waals surface area contributed by atoms with Gasteiger partial charge in [0, 0.05) is 5.41 Å². The summed E-state index contributed by atoms with van der Waals surface area (Å²) in [6.45, 7) is 4.24. The maximum atomic E-state index is 10.2. The summed E-state index contributed by atoms with van der Waals surface area (Å²) in [7, 11) is 0. The van der Waals surface area contributed by atoms with Gasteiger partial charge in [-0.15, -0.1) is 0 Å². The van der Waals surface area contributed by atoms with Crippen molar-refractivity contribution < 1.29 is 5.11 Å². The summed E-state index contributed by atoms with van der Waals surface area (Å²) in [6.07, 6.45) is 3.19. The zero-order valence-electron chi connectivity index (χ0n) is 8.96. The molecule has 2 rings (SSSR count). The molecule has 1 fully saturated rings. The first-order valence-electron chi connectivity index (χ1n) is 5.42. The minimum Gasteiger partial charge on any atom is -0.388 e. The number of hydrogen-bond acceptors (Lipinski definition) is 1. The van der Waals surface area contributed by atoms with Crippen LogP contribution in [-0.2, 0) is 0 Å². The van der Waals surface area contributed by atoms with Crippen LogP contribution in [0.25, 0.3) is 0 Å². The maximum Gasteiger partial charge on any atom is 0.0846 e. The van der Waals surface area contributed by atoms with E-state index in [2.05, 4.69) is 38.1 Å². The van der Waals surface area contributed by atoms with Gasteiger partial charge in [-0.1, -0.05) is 36.8 Å². The van der Waals surface area contributed by atoms with Gasteiger partial charge < -0.3 is 5.11 Å². The van der Waals surface area contributed by atoms with E-state index in [-0.39, 0.29) is 11.5 Å². The van der Waals surface area contributed by atoms with Crippen molar-refractivity contribution in [3.8, 4) is 0 Å². The van der Waals surface area contributed by atoms with Gasteiger partial charge in [0.15, 0.2) is 0 Å². The fourth-order valence-corrected chi connectivity index (χ4v) is 2.08. The molecule has 1 saturated carbocycles. The molecule has 0 aromatic heterocycles. The van der Waals surface area contributed by atoms with Crippen LogP contribution in [0.1, 0.15) is 43.4 Å². The highest BCUT2D eigenvalue weighted by molar-refractivity contribution is 5.26. The first-order chi connectivity index (χ1) is 6.68. The second-order valence-corrected chi connectivity index (χ2v) is 4.53. The third-order valence-electron chi connectivity index (χ3n) is 3.57. The molecule has 0 heterocycles. The third kappa shape index (κ3) is 1.57. The van der Waals surface area contributed by atoms with Gasteiger partial charge in [0.05, 0.1) is 6.10 Å². The normalized spacial score (nSPS) is 20.5. The number of aliphatic hydroxyl groups is 1. The van der Waals surface area contributed by atoms with Gasteiger partial charge in [-0.05, 0) is 31.7 Å². The Morgan fingerprint density at radius 3 is 2.29 bits per heavy atom. The van der Waals surface area contributed by atoms with Gasteiger partial charge >= 0.3 is 0 Å². The average molecular weight is 190 g/mol. The van der Waals surface area contributed by atoms with E-state index in [4.69, 9.17) is 0 Å². The van der Waals surface area contributed by atoms with Crippen molar-refractivity contribution in [1.82, 2.24) is 0 Å². The van der Waals surface area contributed by atoms with E-state index in [0.29, 0.717) is 0 Å². The van der Waals surface area contributed by atoms with E-state index < -0.39 is 0 Å². The van der Waals surface area contributed by atoms with Crippen LogP contribution < -0.4 is 0 Å². The van der Waals surface area contributed by atoms with E-state index in [9.17, 15) is 5.11 Å². The van der Waals surface area contributed by atoms with Gasteiger partial charge in [-0.25, -0.2) is 0 Å². The first kappa shape index (κ1) is 9.72. The molecular weight excluding hydrogens is 172 g/mol. The summed E-state index contributed by atoms with van der Waals surface area (Å²) in [6, 6.07) is 8.25. The van der Waals surface area contributed by atoms with Crippen LogP contribution in [0.4, 0.5) is 0 Å². The number of aliphatic hydroxyl groups excluding tert-OH is 1. The van der Waals surface area contributed by atoms with Crippen LogP contribution in [0.3, 0.4) is 0 Å². The Hall–Kier alpha value is -0.820. The van der Waals surface area contributed by atoms with Crippen molar-refractivity contribution in [3.63, 3.8) is 0 Å². The van der Waals surface area contributed by atoms with Gasteiger partial charge in [0.1, 0.15) is 0 Å². The second-order valence-electron chi connectivity index (χ2n) is 4.53. The zero-order chi connectivity index (χ0) is 10.2. The molecule has 1 nitrogen and oxygen atoms in total. The van der Waals surface area contributed by atoms with E-state index in [0.717, 1.165) is 12.0 Å². The first-order valence-corrected chi connectivity index (χ1v) is 5.42. The Morgan fingerprint density at radius 1 is 1.29 bits per heavy atom. The number of benzene rings is 1. The maximum absolute atomic E-state index is 10.2. The predicted molar refractivity (Wildman–Crippen MR) is 58.1 cm³/mol. The molecule has 1 N–H and O–H groups in total. The van der Waals surface area contributed by atoms with Gasteiger partial charge in [0.25, 0.3) is 0 Å². The van der Waals surface area contributed by atoms with E-state index >= 15 is 0 Å². The van der Waals surface area contributed by atoms with Crippen molar-refractivity contribution >= 4 is 0 Å². The lowest BCUT2D eigenvalue weighted by Crippen LogP contribution is -2.12. The molecule has 0 bridgehead atoms. The summed E-state index contributed by atoms with van der Waals surface area (Å²) in [5.41, 5.74) is 2.53. The van der Waals surface area contributed by atoms with Crippen molar-refractivity contribution in [2.45, 2.75) is 39.2 Å². The smallest absolute Gasteiger partial charge is 0.0846 e. The van der Waals surface area contributed by atoms with Crippen molar-refractivity contribution in [1.29, 1.82) is 0 Å². The molecule has 1 aromatic carbocycles. The Kier molecular flexibility index (Phi) is 2.36. The van der Waals surface area contributed by atoms with Crippen molar-refractivity contribution in [2.75, 3.05) is 0 Å². The van der Waals surface area contributed by atoms with Crippen LogP contribution in [0.5, 0.6) is 0 Å². The minimum atomic E-state index is -0.256. The lowest BCUT2D eigenvalue weighted by molar-refractivity contribution is 0.0902. The van der Waals surface area contributed by atoms with Crippen LogP contribution >= 0.6 is 0 Å². The van der Waals surface area contributed by atoms with Crippen LogP contribution in [0.15, 0.2) is 24.3 Å². The molecule has 0 spiro atoms. The van der Waals surface area contributed by atoms with Gasteiger partial charge in [0.2, 0.25) is 0 Å². The summed E-state index contributed by atoms with van der Waals surface area (Å²) in [5, 5.41) is 10.2. The molecule has 0 radical (unpaired) electrons. The zero-order valence-corrected chi connectivity index (χ0v) is 8.96. The van der Waals surface area contributed by atoms with Crippen molar-refractivity contribution in [2.24, 2.45) is 5.41 Å². The highest BCUT2D eigenvalue weighted by Gasteiger charge is 2.47. The predicted octanol–water partition coefficient (Wildman–Crippen LogP) is 3.22. The number of rotatable bonds is 3. The number of aryl methyl sites for hydroxylation is 1. The fraction of sp³-hybridized carbons (Fsp3) is 0.538. The summed E-state index contributed by atoms with van der Waals surface area (Å²) in [5.74, 6) is 0. The van der Waals surface area contributed by atoms with Gasteiger partial charge in [-0.3, -0.25) is 0 Å². The minimum absolute atomic E-state index is 0.204. The van der Waals surface area contributed by atoms with E-state index in [1.807, 2.05) is 0 Å². The Morgan fingerprint density at radius 2 is 1.86 bits per heavy atom.